The van der Waals surface area contributed by atoms with Gasteiger partial charge in [0.05, 0.1) is 37.5 Å². The number of halogens is 2. The minimum absolute atomic E-state index is 0.00401. The van der Waals surface area contributed by atoms with Gasteiger partial charge in [-0.3, -0.25) is 4.98 Å². The molecular weight excluding hydrogens is 396 g/mol. The molecule has 0 unspecified atom stereocenters. The van der Waals surface area contributed by atoms with Crippen molar-refractivity contribution in [1.82, 2.24) is 29.5 Å². The molecular formula is C18H21F2N9O. The number of aromatic nitrogens is 6. The predicted octanol–water partition coefficient (Wildman–Crippen LogP) is 2.03. The van der Waals surface area contributed by atoms with Crippen molar-refractivity contribution in [2.45, 2.75) is 13.0 Å². The summed E-state index contributed by atoms with van der Waals surface area (Å²) in [5, 5.41) is 5.82. The summed E-state index contributed by atoms with van der Waals surface area (Å²) in [5.41, 5.74) is -0.00401. The molecule has 158 valence electrons. The van der Waals surface area contributed by atoms with Gasteiger partial charge < -0.3 is 24.8 Å². The van der Waals surface area contributed by atoms with Crippen molar-refractivity contribution in [3.05, 3.63) is 42.1 Å². The number of pyridine rings is 1. The van der Waals surface area contributed by atoms with Gasteiger partial charge in [-0.2, -0.15) is 15.0 Å². The Hall–Kier alpha value is -3.41. The maximum absolute atomic E-state index is 14.2. The minimum atomic E-state index is -2.38. The van der Waals surface area contributed by atoms with E-state index in [1.807, 2.05) is 4.90 Å². The topological polar surface area (TPSA) is 106 Å². The molecule has 0 bridgehead atoms. The molecule has 4 heterocycles. The van der Waals surface area contributed by atoms with Crippen LogP contribution in [0.25, 0.3) is 0 Å². The molecule has 10 nitrogen and oxygen atoms in total. The predicted molar refractivity (Wildman–Crippen MR) is 106 cm³/mol. The largest absolute Gasteiger partial charge is 0.378 e. The highest BCUT2D eigenvalue weighted by Crippen LogP contribution is 2.22. The highest BCUT2D eigenvalue weighted by Gasteiger charge is 2.19. The quantitative estimate of drug-likeness (QED) is 0.619. The number of nitrogens with one attached hydrogen (secondary N) is 2. The van der Waals surface area contributed by atoms with E-state index in [9.17, 15) is 8.78 Å². The summed E-state index contributed by atoms with van der Waals surface area (Å²) < 4.78 is 56.1. The number of imidazole rings is 1. The van der Waals surface area contributed by atoms with E-state index < -0.39 is 24.7 Å². The Morgan fingerprint density at radius 2 is 1.97 bits per heavy atom. The molecule has 0 spiro atoms. The first kappa shape index (κ1) is 16.4. The van der Waals surface area contributed by atoms with Crippen molar-refractivity contribution in [3.8, 4) is 0 Å². The van der Waals surface area contributed by atoms with Crippen LogP contribution in [-0.2, 0) is 11.7 Å². The van der Waals surface area contributed by atoms with Crippen LogP contribution < -0.4 is 15.5 Å². The number of hydrogen-bond donors (Lipinski definition) is 2. The van der Waals surface area contributed by atoms with Gasteiger partial charge in [-0.25, -0.2) is 13.8 Å². The normalized spacial score (nSPS) is 17.0. The van der Waals surface area contributed by atoms with E-state index in [4.69, 9.17) is 8.85 Å². The summed E-state index contributed by atoms with van der Waals surface area (Å²) in [6.07, 6.45) is 3.40. The molecule has 1 aliphatic rings. The number of anilines is 4. The van der Waals surface area contributed by atoms with Gasteiger partial charge >= 0.3 is 0 Å². The van der Waals surface area contributed by atoms with Crippen molar-refractivity contribution < 1.29 is 17.6 Å². The number of morpholine rings is 1. The van der Waals surface area contributed by atoms with Crippen LogP contribution in [0.1, 0.15) is 22.8 Å². The van der Waals surface area contributed by atoms with Crippen LogP contribution in [0.2, 0.25) is 0 Å². The summed E-state index contributed by atoms with van der Waals surface area (Å²) in [7, 11) is 0. The van der Waals surface area contributed by atoms with Crippen LogP contribution >= 0.6 is 0 Å². The lowest BCUT2D eigenvalue weighted by Crippen LogP contribution is -2.37. The third-order valence-corrected chi connectivity index (χ3v) is 4.33. The van der Waals surface area contributed by atoms with E-state index in [0.717, 1.165) is 16.8 Å². The zero-order valence-electron chi connectivity index (χ0n) is 19.0. The van der Waals surface area contributed by atoms with Crippen LogP contribution in [-0.4, -0.2) is 55.8 Å². The monoisotopic (exact) mass is 420 g/mol. The average molecular weight is 420 g/mol. The summed E-state index contributed by atoms with van der Waals surface area (Å²) in [6.45, 7) is 1.37. The number of aryl methyl sites for hydroxylation is 1. The first-order chi connectivity index (χ1) is 15.7. The zero-order valence-corrected chi connectivity index (χ0v) is 16.0. The average Bonchev–Trinajstić information content (AvgIpc) is 3.23. The Balaban J connectivity index is 1.62. The van der Waals surface area contributed by atoms with Gasteiger partial charge in [-0.1, -0.05) is 0 Å². The minimum Gasteiger partial charge on any atom is -0.378 e. The summed E-state index contributed by atoms with van der Waals surface area (Å²) in [4.78, 5) is 22.8. The number of nitrogens with zero attached hydrogens (tertiary/aromatic N) is 7. The van der Waals surface area contributed by atoms with Crippen LogP contribution in [0, 0.1) is 11.6 Å². The van der Waals surface area contributed by atoms with Crippen molar-refractivity contribution in [2.24, 2.45) is 6.98 Å². The SMILES string of the molecule is [2H]C([2H])([2H])n1cnc(Nc2nc(N[C@H](C)c3ncc(F)cc3F)nc(N3CCOCC3)n2)c1. The van der Waals surface area contributed by atoms with Crippen molar-refractivity contribution in [3.63, 3.8) is 0 Å². The molecule has 3 aromatic heterocycles. The molecule has 0 radical (unpaired) electrons. The van der Waals surface area contributed by atoms with Crippen LogP contribution in [0.3, 0.4) is 0 Å². The summed E-state index contributed by atoms with van der Waals surface area (Å²) in [5.74, 6) is -0.803. The molecule has 1 aliphatic heterocycles. The highest BCUT2D eigenvalue weighted by molar-refractivity contribution is 5.52. The molecule has 4 rings (SSSR count). The Morgan fingerprint density at radius 1 is 1.17 bits per heavy atom. The van der Waals surface area contributed by atoms with Crippen molar-refractivity contribution in [2.75, 3.05) is 41.8 Å². The molecule has 30 heavy (non-hydrogen) atoms. The molecule has 0 aromatic carbocycles. The fourth-order valence-electron chi connectivity index (χ4n) is 2.90. The summed E-state index contributed by atoms with van der Waals surface area (Å²) >= 11 is 0. The lowest BCUT2D eigenvalue weighted by Gasteiger charge is -2.27. The van der Waals surface area contributed by atoms with Gasteiger partial charge in [-0.15, -0.1) is 0 Å². The van der Waals surface area contributed by atoms with Gasteiger partial charge in [0.15, 0.2) is 5.82 Å². The third-order valence-electron chi connectivity index (χ3n) is 4.33. The third kappa shape index (κ3) is 4.59. The molecule has 1 saturated heterocycles. The second kappa shape index (κ2) is 8.53. The molecule has 1 atom stereocenters. The van der Waals surface area contributed by atoms with Crippen LogP contribution in [0.4, 0.5) is 32.4 Å². The van der Waals surface area contributed by atoms with Gasteiger partial charge in [-0.05, 0) is 6.92 Å². The maximum Gasteiger partial charge on any atom is 0.235 e. The lowest BCUT2D eigenvalue weighted by molar-refractivity contribution is 0.122. The summed E-state index contributed by atoms with van der Waals surface area (Å²) in [6, 6.07) is 0.0644. The molecule has 0 aliphatic carbocycles. The second-order valence-corrected chi connectivity index (χ2v) is 6.56. The maximum atomic E-state index is 14.2. The highest BCUT2D eigenvalue weighted by atomic mass is 19.1. The van der Waals surface area contributed by atoms with Gasteiger partial charge in [0.2, 0.25) is 17.8 Å². The standard InChI is InChI=1S/C18H21F2N9O/c1-11(15-13(20)7-12(19)8-21-15)23-16-25-17(24-14-9-28(2)10-22-14)27-18(26-16)29-3-5-30-6-4-29/h7-11H,3-6H2,1-2H3,(H2,23,24,25,26,27)/t11-/m1/s1/i2D3. The Kier molecular flexibility index (Phi) is 4.66. The smallest absolute Gasteiger partial charge is 0.235 e. The molecule has 0 saturated carbocycles. The van der Waals surface area contributed by atoms with Crippen LogP contribution in [0.5, 0.6) is 0 Å². The van der Waals surface area contributed by atoms with E-state index in [2.05, 4.69) is 35.6 Å². The molecule has 12 heteroatoms. The van der Waals surface area contributed by atoms with Gasteiger partial charge in [0.25, 0.3) is 0 Å². The van der Waals surface area contributed by atoms with E-state index in [-0.39, 0.29) is 23.4 Å². The van der Waals surface area contributed by atoms with E-state index in [1.54, 1.807) is 6.92 Å². The van der Waals surface area contributed by atoms with Gasteiger partial charge in [0.1, 0.15) is 11.6 Å². The number of hydrogen-bond acceptors (Lipinski definition) is 9. The van der Waals surface area contributed by atoms with Gasteiger partial charge in [0, 0.05) is 36.4 Å². The van der Waals surface area contributed by atoms with Crippen molar-refractivity contribution >= 4 is 23.7 Å². The number of ether oxygens (including phenoxy) is 1. The Labute approximate surface area is 175 Å². The zero-order chi connectivity index (χ0) is 23.6. The fraction of sp³-hybridized carbons (Fsp3) is 0.389. The second-order valence-electron chi connectivity index (χ2n) is 6.56. The number of rotatable bonds is 6. The Bertz CT molecular complexity index is 1120. The first-order valence-electron chi connectivity index (χ1n) is 10.7. The first-order valence-corrected chi connectivity index (χ1v) is 9.17. The van der Waals surface area contributed by atoms with Crippen molar-refractivity contribution in [1.29, 1.82) is 0 Å². The Morgan fingerprint density at radius 3 is 2.70 bits per heavy atom. The molecule has 3 aromatic rings. The molecule has 2 N–H and O–H groups in total. The fourth-order valence-corrected chi connectivity index (χ4v) is 2.90. The van der Waals surface area contributed by atoms with E-state index in [0.29, 0.717) is 32.3 Å². The lowest BCUT2D eigenvalue weighted by atomic mass is 10.2. The molecule has 0 amide bonds. The van der Waals surface area contributed by atoms with Crippen LogP contribution in [0.15, 0.2) is 24.8 Å². The van der Waals surface area contributed by atoms with E-state index >= 15 is 0 Å². The molecule has 1 fully saturated rings. The van der Waals surface area contributed by atoms with E-state index in [1.165, 1.54) is 12.5 Å².